The summed E-state index contributed by atoms with van der Waals surface area (Å²) in [6, 6.07) is 28.9. The molecule has 0 aliphatic heterocycles. The number of aryl methyl sites for hydroxylation is 2. The predicted octanol–water partition coefficient (Wildman–Crippen LogP) is 6.02. The molecule has 0 radical (unpaired) electrons. The molecule has 0 amide bonds. The average molecular weight is 344 g/mol. The molecule has 0 fully saturated rings. The standard InChI is InChI=1S/C25H29N/c1-20-9-14-23(15-10-20)24(16-11-21-7-5-4-6-8-21)19-22-12-17-25(18-13-22)26(2)3/h4-10,12-15,17-18,24H,11,16,19H2,1-3H3/t24-/m1/s1. The first kappa shape index (κ1) is 18.3. The lowest BCUT2D eigenvalue weighted by Crippen LogP contribution is -2.09. The maximum absolute atomic E-state index is 2.30. The van der Waals surface area contributed by atoms with Gasteiger partial charge in [-0.15, -0.1) is 0 Å². The normalized spacial score (nSPS) is 12.0. The van der Waals surface area contributed by atoms with Gasteiger partial charge in [0.15, 0.2) is 0 Å². The Morgan fingerprint density at radius 2 is 1.38 bits per heavy atom. The Bertz CT molecular complexity index is 786. The van der Waals surface area contributed by atoms with Crippen LogP contribution in [0.25, 0.3) is 0 Å². The number of rotatable bonds is 7. The lowest BCUT2D eigenvalue weighted by molar-refractivity contribution is 0.621. The summed E-state index contributed by atoms with van der Waals surface area (Å²) in [6.45, 7) is 2.16. The van der Waals surface area contributed by atoms with Crippen molar-refractivity contribution in [3.8, 4) is 0 Å². The molecule has 0 spiro atoms. The van der Waals surface area contributed by atoms with Crippen molar-refractivity contribution in [2.45, 2.75) is 32.1 Å². The molecule has 3 aromatic carbocycles. The van der Waals surface area contributed by atoms with Gasteiger partial charge in [0.25, 0.3) is 0 Å². The third kappa shape index (κ3) is 4.98. The van der Waals surface area contributed by atoms with E-state index in [-0.39, 0.29) is 0 Å². The SMILES string of the molecule is Cc1ccc([C@H](CCc2ccccc2)Cc2ccc(N(C)C)cc2)cc1. The topological polar surface area (TPSA) is 3.24 Å². The zero-order valence-corrected chi connectivity index (χ0v) is 16.2. The van der Waals surface area contributed by atoms with Gasteiger partial charge < -0.3 is 4.90 Å². The maximum atomic E-state index is 2.30. The van der Waals surface area contributed by atoms with E-state index in [9.17, 15) is 0 Å². The van der Waals surface area contributed by atoms with Crippen LogP contribution in [0.1, 0.15) is 34.6 Å². The van der Waals surface area contributed by atoms with E-state index >= 15 is 0 Å². The Kier molecular flexibility index (Phi) is 6.12. The molecule has 0 aliphatic carbocycles. The second kappa shape index (κ2) is 8.71. The van der Waals surface area contributed by atoms with Crippen LogP contribution in [0.4, 0.5) is 5.69 Å². The first-order valence-corrected chi connectivity index (χ1v) is 9.48. The van der Waals surface area contributed by atoms with Gasteiger partial charge in [0.2, 0.25) is 0 Å². The number of benzene rings is 3. The van der Waals surface area contributed by atoms with Crippen LogP contribution in [0.3, 0.4) is 0 Å². The highest BCUT2D eigenvalue weighted by Gasteiger charge is 2.13. The predicted molar refractivity (Wildman–Crippen MR) is 113 cm³/mol. The van der Waals surface area contributed by atoms with E-state index in [2.05, 4.69) is 105 Å². The summed E-state index contributed by atoms with van der Waals surface area (Å²) in [4.78, 5) is 2.15. The molecule has 1 heteroatoms. The molecule has 0 saturated carbocycles. The van der Waals surface area contributed by atoms with Gasteiger partial charge in [0.1, 0.15) is 0 Å². The molecule has 0 saturated heterocycles. The summed E-state index contributed by atoms with van der Waals surface area (Å²) in [6.07, 6.45) is 3.38. The highest BCUT2D eigenvalue weighted by atomic mass is 15.1. The highest BCUT2D eigenvalue weighted by molar-refractivity contribution is 5.46. The Morgan fingerprint density at radius 3 is 2.00 bits per heavy atom. The third-order valence-electron chi connectivity index (χ3n) is 5.11. The molecule has 26 heavy (non-hydrogen) atoms. The van der Waals surface area contributed by atoms with Crippen LogP contribution in [0.2, 0.25) is 0 Å². The largest absolute Gasteiger partial charge is 0.378 e. The van der Waals surface area contributed by atoms with Gasteiger partial charge >= 0.3 is 0 Å². The lowest BCUT2D eigenvalue weighted by atomic mass is 9.86. The van der Waals surface area contributed by atoms with Crippen LogP contribution < -0.4 is 4.90 Å². The second-order valence-electron chi connectivity index (χ2n) is 7.40. The van der Waals surface area contributed by atoms with Crippen LogP contribution in [0.5, 0.6) is 0 Å². The van der Waals surface area contributed by atoms with Crippen LogP contribution in [-0.4, -0.2) is 14.1 Å². The van der Waals surface area contributed by atoms with Gasteiger partial charge in [-0.1, -0.05) is 72.3 Å². The van der Waals surface area contributed by atoms with Gasteiger partial charge in [0.05, 0.1) is 0 Å². The van der Waals surface area contributed by atoms with Gasteiger partial charge in [-0.3, -0.25) is 0 Å². The maximum Gasteiger partial charge on any atom is 0.0361 e. The Balaban J connectivity index is 1.76. The van der Waals surface area contributed by atoms with Crippen molar-refractivity contribution in [3.63, 3.8) is 0 Å². The quantitative estimate of drug-likeness (QED) is 0.507. The van der Waals surface area contributed by atoms with E-state index in [0.29, 0.717) is 5.92 Å². The Hall–Kier alpha value is -2.54. The van der Waals surface area contributed by atoms with Gasteiger partial charge in [-0.25, -0.2) is 0 Å². The molecule has 0 aliphatic rings. The van der Waals surface area contributed by atoms with Crippen LogP contribution in [-0.2, 0) is 12.8 Å². The lowest BCUT2D eigenvalue weighted by Gasteiger charge is -2.19. The molecular formula is C25H29N. The Morgan fingerprint density at radius 1 is 0.731 bits per heavy atom. The summed E-state index contributed by atoms with van der Waals surface area (Å²) in [5, 5.41) is 0. The summed E-state index contributed by atoms with van der Waals surface area (Å²) >= 11 is 0. The van der Waals surface area contributed by atoms with Crippen molar-refractivity contribution in [1.29, 1.82) is 0 Å². The molecule has 3 aromatic rings. The van der Waals surface area contributed by atoms with E-state index in [1.54, 1.807) is 0 Å². The molecule has 1 nitrogen and oxygen atoms in total. The fraction of sp³-hybridized carbons (Fsp3) is 0.280. The fourth-order valence-corrected chi connectivity index (χ4v) is 3.43. The van der Waals surface area contributed by atoms with Gasteiger partial charge in [-0.2, -0.15) is 0 Å². The van der Waals surface area contributed by atoms with Crippen molar-refractivity contribution in [2.75, 3.05) is 19.0 Å². The van der Waals surface area contributed by atoms with Gasteiger partial charge in [0, 0.05) is 19.8 Å². The number of hydrogen-bond acceptors (Lipinski definition) is 1. The summed E-state index contributed by atoms with van der Waals surface area (Å²) < 4.78 is 0. The average Bonchev–Trinajstić information content (AvgIpc) is 2.67. The van der Waals surface area contributed by atoms with Crippen molar-refractivity contribution in [2.24, 2.45) is 0 Å². The number of anilines is 1. The molecule has 3 rings (SSSR count). The van der Waals surface area contributed by atoms with Crippen LogP contribution in [0.15, 0.2) is 78.9 Å². The monoisotopic (exact) mass is 343 g/mol. The first-order chi connectivity index (χ1) is 12.6. The number of hydrogen-bond donors (Lipinski definition) is 0. The van der Waals surface area contributed by atoms with Crippen molar-refractivity contribution < 1.29 is 0 Å². The fourth-order valence-electron chi connectivity index (χ4n) is 3.43. The van der Waals surface area contributed by atoms with E-state index in [4.69, 9.17) is 0 Å². The molecule has 0 bridgehead atoms. The zero-order valence-electron chi connectivity index (χ0n) is 16.2. The molecule has 0 N–H and O–H groups in total. The van der Waals surface area contributed by atoms with E-state index < -0.39 is 0 Å². The molecule has 134 valence electrons. The molecule has 0 heterocycles. The summed E-state index contributed by atoms with van der Waals surface area (Å²) in [5.74, 6) is 0.543. The molecule has 0 aromatic heterocycles. The third-order valence-corrected chi connectivity index (χ3v) is 5.11. The van der Waals surface area contributed by atoms with E-state index in [1.807, 2.05) is 0 Å². The molecule has 0 unspecified atom stereocenters. The van der Waals surface area contributed by atoms with Crippen molar-refractivity contribution in [1.82, 2.24) is 0 Å². The number of nitrogens with zero attached hydrogens (tertiary/aromatic N) is 1. The minimum atomic E-state index is 0.543. The smallest absolute Gasteiger partial charge is 0.0361 e. The second-order valence-corrected chi connectivity index (χ2v) is 7.40. The van der Waals surface area contributed by atoms with Crippen LogP contribution >= 0.6 is 0 Å². The van der Waals surface area contributed by atoms with E-state index in [1.165, 1.54) is 34.4 Å². The van der Waals surface area contributed by atoms with Gasteiger partial charge in [-0.05, 0) is 60.9 Å². The highest BCUT2D eigenvalue weighted by Crippen LogP contribution is 2.27. The first-order valence-electron chi connectivity index (χ1n) is 9.48. The minimum Gasteiger partial charge on any atom is -0.378 e. The summed E-state index contributed by atoms with van der Waals surface area (Å²) in [5.41, 5.74) is 6.86. The Labute approximate surface area is 158 Å². The minimum absolute atomic E-state index is 0.543. The summed E-state index contributed by atoms with van der Waals surface area (Å²) in [7, 11) is 4.17. The molecule has 1 atom stereocenters. The van der Waals surface area contributed by atoms with Crippen molar-refractivity contribution in [3.05, 3.63) is 101 Å². The van der Waals surface area contributed by atoms with E-state index in [0.717, 1.165) is 12.8 Å². The van der Waals surface area contributed by atoms with Crippen LogP contribution in [0, 0.1) is 6.92 Å². The zero-order chi connectivity index (χ0) is 18.4. The molecular weight excluding hydrogens is 314 g/mol. The van der Waals surface area contributed by atoms with Crippen molar-refractivity contribution >= 4 is 5.69 Å².